The maximum Gasteiger partial charge on any atom is 0.220 e. The zero-order chi connectivity index (χ0) is 22.3. The van der Waals surface area contributed by atoms with Gasteiger partial charge < -0.3 is 29.5 Å². The Morgan fingerprint density at radius 1 is 1.09 bits per heavy atom. The number of likely N-dealkylation sites (tertiary alicyclic amines) is 1. The molecule has 172 valence electrons. The fraction of sp³-hybridized carbons (Fsp3) is 0.480. The summed E-state index contributed by atoms with van der Waals surface area (Å²) in [5, 5.41) is 14.2. The average molecular weight is 441 g/mol. The molecule has 1 amide bonds. The second-order valence-corrected chi connectivity index (χ2v) is 8.44. The third-order valence-corrected chi connectivity index (χ3v) is 6.14. The number of nitrogens with zero attached hydrogens (tertiary/aromatic N) is 1. The van der Waals surface area contributed by atoms with E-state index >= 15 is 0 Å². The van der Waals surface area contributed by atoms with Crippen LogP contribution < -0.4 is 19.5 Å². The van der Waals surface area contributed by atoms with Crippen LogP contribution in [0.2, 0.25) is 0 Å². The molecule has 0 radical (unpaired) electrons. The Morgan fingerprint density at radius 2 is 1.81 bits per heavy atom. The van der Waals surface area contributed by atoms with Crippen LogP contribution in [0.1, 0.15) is 36.5 Å². The number of fused-ring (bicyclic) bond motifs is 1. The smallest absolute Gasteiger partial charge is 0.220 e. The molecule has 0 unspecified atom stereocenters. The molecule has 0 bridgehead atoms. The molecule has 1 fully saturated rings. The normalized spacial score (nSPS) is 17.6. The van der Waals surface area contributed by atoms with Gasteiger partial charge in [-0.25, -0.2) is 0 Å². The topological polar surface area (TPSA) is 80.3 Å². The number of amides is 1. The zero-order valence-electron chi connectivity index (χ0n) is 18.6. The molecule has 2 N–H and O–H groups in total. The van der Waals surface area contributed by atoms with Crippen LogP contribution in [0.4, 0.5) is 0 Å². The second-order valence-electron chi connectivity index (χ2n) is 8.44. The highest BCUT2D eigenvalue weighted by Gasteiger charge is 2.28. The molecule has 1 saturated heterocycles. The van der Waals surface area contributed by atoms with Crippen LogP contribution in [0, 0.1) is 5.92 Å². The van der Waals surface area contributed by atoms with E-state index in [1.165, 1.54) is 0 Å². The Bertz CT molecular complexity index is 896. The third kappa shape index (κ3) is 5.72. The summed E-state index contributed by atoms with van der Waals surface area (Å²) in [6.45, 7) is 4.18. The number of ether oxygens (including phenoxy) is 3. The summed E-state index contributed by atoms with van der Waals surface area (Å²) in [4.78, 5) is 15.1. The highest BCUT2D eigenvalue weighted by molar-refractivity contribution is 5.76. The van der Waals surface area contributed by atoms with E-state index in [1.807, 2.05) is 42.5 Å². The minimum atomic E-state index is -0.766. The summed E-state index contributed by atoms with van der Waals surface area (Å²) in [7, 11) is 1.63. The fourth-order valence-corrected chi connectivity index (χ4v) is 4.34. The van der Waals surface area contributed by atoms with Crippen molar-refractivity contribution in [3.05, 3.63) is 53.6 Å². The number of aliphatic hydroxyl groups excluding tert-OH is 1. The number of rotatable bonds is 9. The Hall–Kier alpha value is -2.77. The molecular formula is C25H32N2O5. The summed E-state index contributed by atoms with van der Waals surface area (Å²) in [5.74, 6) is 1.85. The molecule has 2 aromatic rings. The van der Waals surface area contributed by atoms with Crippen molar-refractivity contribution in [3.8, 4) is 17.2 Å². The van der Waals surface area contributed by atoms with E-state index < -0.39 is 6.10 Å². The van der Waals surface area contributed by atoms with Gasteiger partial charge in [0.2, 0.25) is 5.91 Å². The molecule has 4 rings (SSSR count). The van der Waals surface area contributed by atoms with Gasteiger partial charge in [0.25, 0.3) is 0 Å². The predicted octanol–water partition coefficient (Wildman–Crippen LogP) is 2.92. The number of carbonyl (C=O) groups excluding carboxylic acids is 1. The maximum atomic E-state index is 12.8. The largest absolute Gasteiger partial charge is 0.497 e. The summed E-state index contributed by atoms with van der Waals surface area (Å²) in [6.07, 6.45) is 1.81. The van der Waals surface area contributed by atoms with E-state index in [9.17, 15) is 9.90 Å². The van der Waals surface area contributed by atoms with Crippen molar-refractivity contribution in [2.45, 2.75) is 31.9 Å². The molecule has 32 heavy (non-hydrogen) atoms. The lowest BCUT2D eigenvalue weighted by Crippen LogP contribution is -2.34. The Kier molecular flexibility index (Phi) is 7.50. The summed E-state index contributed by atoms with van der Waals surface area (Å²) in [5.41, 5.74) is 1.75. The fourth-order valence-electron chi connectivity index (χ4n) is 4.34. The number of methoxy groups -OCH3 is 1. The number of carbonyl (C=O) groups is 1. The number of hydrogen-bond acceptors (Lipinski definition) is 6. The minimum absolute atomic E-state index is 0.0680. The van der Waals surface area contributed by atoms with E-state index in [2.05, 4.69) is 10.2 Å². The van der Waals surface area contributed by atoms with Gasteiger partial charge in [0.05, 0.1) is 13.2 Å². The van der Waals surface area contributed by atoms with E-state index in [-0.39, 0.29) is 18.2 Å². The molecule has 7 nitrogen and oxygen atoms in total. The first kappa shape index (κ1) is 22.4. The molecule has 2 heterocycles. The van der Waals surface area contributed by atoms with Crippen molar-refractivity contribution in [2.75, 3.05) is 40.0 Å². The molecule has 0 spiro atoms. The van der Waals surface area contributed by atoms with Gasteiger partial charge in [0.1, 0.15) is 19.0 Å². The molecule has 0 aliphatic carbocycles. The highest BCUT2D eigenvalue weighted by atomic mass is 16.6. The Morgan fingerprint density at radius 3 is 2.53 bits per heavy atom. The van der Waals surface area contributed by atoms with Crippen molar-refractivity contribution in [1.29, 1.82) is 0 Å². The summed E-state index contributed by atoms with van der Waals surface area (Å²) in [6, 6.07) is 13.2. The maximum absolute atomic E-state index is 12.8. The van der Waals surface area contributed by atoms with E-state index in [0.717, 1.165) is 42.8 Å². The van der Waals surface area contributed by atoms with Crippen LogP contribution in [-0.4, -0.2) is 55.9 Å². The van der Waals surface area contributed by atoms with Crippen LogP contribution in [0.15, 0.2) is 42.5 Å². The summed E-state index contributed by atoms with van der Waals surface area (Å²) < 4.78 is 16.4. The number of hydrogen-bond donors (Lipinski definition) is 2. The first-order valence-corrected chi connectivity index (χ1v) is 11.3. The molecule has 0 aromatic heterocycles. The van der Waals surface area contributed by atoms with Gasteiger partial charge in [-0.05, 0) is 61.3 Å². The standard InChI is InChI=1S/C25H32N2O5/c1-30-21-7-4-18(5-8-21)16-26-24(28)15-20(17-27-10-2-3-11-27)25(29)19-6-9-22-23(14-19)32-13-12-31-22/h4-9,14,20,25,29H,2-3,10-13,15-17H2,1H3,(H,26,28)/t20-,25-/m1/s1. The van der Waals surface area contributed by atoms with Crippen molar-refractivity contribution in [1.82, 2.24) is 10.2 Å². The Labute approximate surface area is 189 Å². The van der Waals surface area contributed by atoms with E-state index in [4.69, 9.17) is 14.2 Å². The molecule has 0 saturated carbocycles. The third-order valence-electron chi connectivity index (χ3n) is 6.14. The molecular weight excluding hydrogens is 408 g/mol. The van der Waals surface area contributed by atoms with Gasteiger partial charge in [-0.3, -0.25) is 4.79 Å². The first-order valence-electron chi connectivity index (χ1n) is 11.3. The van der Waals surface area contributed by atoms with Crippen molar-refractivity contribution in [2.24, 2.45) is 5.92 Å². The van der Waals surface area contributed by atoms with Crippen LogP contribution in [0.3, 0.4) is 0 Å². The quantitative estimate of drug-likeness (QED) is 0.624. The van der Waals surface area contributed by atoms with Crippen LogP contribution >= 0.6 is 0 Å². The van der Waals surface area contributed by atoms with E-state index in [1.54, 1.807) is 7.11 Å². The summed E-state index contributed by atoms with van der Waals surface area (Å²) >= 11 is 0. The highest BCUT2D eigenvalue weighted by Crippen LogP contribution is 2.35. The van der Waals surface area contributed by atoms with Gasteiger partial charge in [0, 0.05) is 25.4 Å². The van der Waals surface area contributed by atoms with Crippen LogP contribution in [0.25, 0.3) is 0 Å². The number of aliphatic hydroxyl groups is 1. The predicted molar refractivity (Wildman–Crippen MR) is 121 cm³/mol. The van der Waals surface area contributed by atoms with Gasteiger partial charge in [-0.1, -0.05) is 18.2 Å². The van der Waals surface area contributed by atoms with Gasteiger partial charge >= 0.3 is 0 Å². The van der Waals surface area contributed by atoms with Gasteiger partial charge in [0.15, 0.2) is 11.5 Å². The van der Waals surface area contributed by atoms with Gasteiger partial charge in [-0.2, -0.15) is 0 Å². The SMILES string of the molecule is COc1ccc(CNC(=O)C[C@H](CN2CCCC2)[C@H](O)c2ccc3c(c2)OCCO3)cc1. The number of benzene rings is 2. The van der Waals surface area contributed by atoms with Crippen LogP contribution in [0.5, 0.6) is 17.2 Å². The first-order chi connectivity index (χ1) is 15.6. The lowest BCUT2D eigenvalue weighted by atomic mass is 9.91. The van der Waals surface area contributed by atoms with Crippen molar-refractivity contribution in [3.63, 3.8) is 0 Å². The zero-order valence-corrected chi connectivity index (χ0v) is 18.6. The molecule has 2 atom stereocenters. The molecule has 2 aliphatic heterocycles. The van der Waals surface area contributed by atoms with Crippen molar-refractivity contribution < 1.29 is 24.1 Å². The lowest BCUT2D eigenvalue weighted by Gasteiger charge is -2.28. The minimum Gasteiger partial charge on any atom is -0.497 e. The lowest BCUT2D eigenvalue weighted by molar-refractivity contribution is -0.123. The molecule has 2 aliphatic rings. The number of nitrogens with one attached hydrogen (secondary N) is 1. The monoisotopic (exact) mass is 440 g/mol. The van der Waals surface area contributed by atoms with Crippen molar-refractivity contribution >= 4 is 5.91 Å². The average Bonchev–Trinajstić information content (AvgIpc) is 3.35. The molecule has 7 heteroatoms. The van der Waals surface area contributed by atoms with Crippen LogP contribution in [-0.2, 0) is 11.3 Å². The Balaban J connectivity index is 1.41. The van der Waals surface area contributed by atoms with E-state index in [0.29, 0.717) is 37.8 Å². The van der Waals surface area contributed by atoms with Gasteiger partial charge in [-0.15, -0.1) is 0 Å². The molecule has 2 aromatic carbocycles. The second kappa shape index (κ2) is 10.7.